The normalized spacial score (nSPS) is 10.5. The Bertz CT molecular complexity index is 517. The lowest BCUT2D eigenvalue weighted by molar-refractivity contribution is 0.789. The molecule has 0 bridgehead atoms. The van der Waals surface area contributed by atoms with Crippen molar-refractivity contribution >= 4 is 5.69 Å². The molecule has 2 aromatic carbocycles. The summed E-state index contributed by atoms with van der Waals surface area (Å²) in [6.45, 7) is 6.68. The molecule has 2 aromatic rings. The number of nitrogens with two attached hydrogens (primary N) is 1. The van der Waals surface area contributed by atoms with E-state index in [0.29, 0.717) is 6.54 Å². The zero-order valence-electron chi connectivity index (χ0n) is 11.8. The first kappa shape index (κ1) is 13.6. The van der Waals surface area contributed by atoms with Crippen LogP contribution in [-0.4, -0.2) is 13.1 Å². The molecule has 0 saturated carbocycles. The van der Waals surface area contributed by atoms with Crippen LogP contribution in [0.2, 0.25) is 0 Å². The molecule has 2 nitrogen and oxygen atoms in total. The summed E-state index contributed by atoms with van der Waals surface area (Å²) in [6.07, 6.45) is 0. The third-order valence-electron chi connectivity index (χ3n) is 3.26. The Morgan fingerprint density at radius 2 is 1.68 bits per heavy atom. The average Bonchev–Trinajstić information content (AvgIpc) is 2.41. The topological polar surface area (TPSA) is 29.3 Å². The molecule has 0 fully saturated rings. The summed E-state index contributed by atoms with van der Waals surface area (Å²) in [5.74, 6) is 0. The molecular weight excluding hydrogens is 232 g/mol. The molecule has 100 valence electrons. The van der Waals surface area contributed by atoms with Gasteiger partial charge in [-0.2, -0.15) is 0 Å². The summed E-state index contributed by atoms with van der Waals surface area (Å²) in [6, 6.07) is 17.3. The summed E-state index contributed by atoms with van der Waals surface area (Å²) in [7, 11) is 0. The quantitative estimate of drug-likeness (QED) is 0.887. The lowest BCUT2D eigenvalue weighted by Crippen LogP contribution is -2.28. The molecule has 2 heteroatoms. The van der Waals surface area contributed by atoms with E-state index in [1.807, 2.05) is 0 Å². The van der Waals surface area contributed by atoms with Crippen LogP contribution in [0.4, 0.5) is 5.69 Å². The number of rotatable bonds is 5. The van der Waals surface area contributed by atoms with Gasteiger partial charge in [0, 0.05) is 25.3 Å². The summed E-state index contributed by atoms with van der Waals surface area (Å²) < 4.78 is 0. The molecule has 0 aliphatic carbocycles. The first-order valence-corrected chi connectivity index (χ1v) is 6.76. The van der Waals surface area contributed by atoms with Gasteiger partial charge in [0.2, 0.25) is 0 Å². The predicted molar refractivity (Wildman–Crippen MR) is 82.5 cm³/mol. The van der Waals surface area contributed by atoms with Gasteiger partial charge in [-0.1, -0.05) is 42.0 Å². The molecule has 0 amide bonds. The lowest BCUT2D eigenvalue weighted by Gasteiger charge is -2.25. The van der Waals surface area contributed by atoms with E-state index in [0.717, 1.165) is 13.1 Å². The Morgan fingerprint density at radius 1 is 0.947 bits per heavy atom. The zero-order chi connectivity index (χ0) is 13.7. The van der Waals surface area contributed by atoms with Gasteiger partial charge < -0.3 is 10.6 Å². The van der Waals surface area contributed by atoms with E-state index >= 15 is 0 Å². The number of hydrogen-bond acceptors (Lipinski definition) is 2. The van der Waals surface area contributed by atoms with Gasteiger partial charge in [0.15, 0.2) is 0 Å². The standard InChI is InChI=1S/C17H22N2/c1-14-6-8-16(9-7-14)13-19(11-10-18)17-5-3-4-15(2)12-17/h3-9,12H,10-11,13,18H2,1-2H3. The third kappa shape index (κ3) is 3.83. The van der Waals surface area contributed by atoms with Crippen molar-refractivity contribution in [1.29, 1.82) is 0 Å². The maximum atomic E-state index is 5.74. The first-order chi connectivity index (χ1) is 9.19. The van der Waals surface area contributed by atoms with Crippen LogP contribution in [0.5, 0.6) is 0 Å². The van der Waals surface area contributed by atoms with E-state index < -0.39 is 0 Å². The van der Waals surface area contributed by atoms with Gasteiger partial charge >= 0.3 is 0 Å². The van der Waals surface area contributed by atoms with Crippen LogP contribution >= 0.6 is 0 Å². The molecule has 0 atom stereocenters. The maximum Gasteiger partial charge on any atom is 0.0430 e. The van der Waals surface area contributed by atoms with E-state index in [1.54, 1.807) is 0 Å². The van der Waals surface area contributed by atoms with Crippen molar-refractivity contribution in [3.8, 4) is 0 Å². The molecule has 0 unspecified atom stereocenters. The van der Waals surface area contributed by atoms with Gasteiger partial charge in [0.1, 0.15) is 0 Å². The number of nitrogens with zero attached hydrogens (tertiary/aromatic N) is 1. The molecule has 0 aliphatic rings. The second-order valence-electron chi connectivity index (χ2n) is 5.03. The van der Waals surface area contributed by atoms with Crippen molar-refractivity contribution in [2.24, 2.45) is 5.73 Å². The van der Waals surface area contributed by atoms with Gasteiger partial charge in [0.05, 0.1) is 0 Å². The van der Waals surface area contributed by atoms with Gasteiger partial charge in [0.25, 0.3) is 0 Å². The molecular formula is C17H22N2. The number of anilines is 1. The smallest absolute Gasteiger partial charge is 0.0430 e. The van der Waals surface area contributed by atoms with E-state index in [-0.39, 0.29) is 0 Å². The molecule has 0 spiro atoms. The molecule has 19 heavy (non-hydrogen) atoms. The lowest BCUT2D eigenvalue weighted by atomic mass is 10.1. The van der Waals surface area contributed by atoms with Crippen LogP contribution < -0.4 is 10.6 Å². The van der Waals surface area contributed by atoms with Gasteiger partial charge in [-0.3, -0.25) is 0 Å². The molecule has 2 N–H and O–H groups in total. The van der Waals surface area contributed by atoms with E-state index in [4.69, 9.17) is 5.73 Å². The zero-order valence-corrected chi connectivity index (χ0v) is 11.8. The summed E-state index contributed by atoms with van der Waals surface area (Å²) in [5.41, 5.74) is 10.9. The minimum atomic E-state index is 0.666. The van der Waals surface area contributed by atoms with E-state index in [2.05, 4.69) is 67.3 Å². The van der Waals surface area contributed by atoms with Gasteiger partial charge in [-0.15, -0.1) is 0 Å². The minimum absolute atomic E-state index is 0.666. The van der Waals surface area contributed by atoms with Crippen molar-refractivity contribution in [2.45, 2.75) is 20.4 Å². The van der Waals surface area contributed by atoms with Crippen LogP contribution in [0.3, 0.4) is 0 Å². The second-order valence-corrected chi connectivity index (χ2v) is 5.03. The Balaban J connectivity index is 2.18. The van der Waals surface area contributed by atoms with Gasteiger partial charge in [-0.05, 0) is 37.1 Å². The Labute approximate surface area is 115 Å². The van der Waals surface area contributed by atoms with Crippen molar-refractivity contribution in [3.05, 3.63) is 65.2 Å². The number of benzene rings is 2. The van der Waals surface area contributed by atoms with E-state index in [1.165, 1.54) is 22.4 Å². The van der Waals surface area contributed by atoms with Crippen LogP contribution in [0.15, 0.2) is 48.5 Å². The summed E-state index contributed by atoms with van der Waals surface area (Å²) >= 11 is 0. The fourth-order valence-corrected chi connectivity index (χ4v) is 2.19. The molecule has 0 heterocycles. The van der Waals surface area contributed by atoms with Gasteiger partial charge in [-0.25, -0.2) is 0 Å². The SMILES string of the molecule is Cc1ccc(CN(CCN)c2cccc(C)c2)cc1. The highest BCUT2D eigenvalue weighted by molar-refractivity contribution is 5.49. The Morgan fingerprint density at radius 3 is 2.32 bits per heavy atom. The molecule has 0 aromatic heterocycles. The highest BCUT2D eigenvalue weighted by Gasteiger charge is 2.06. The summed E-state index contributed by atoms with van der Waals surface area (Å²) in [4.78, 5) is 2.33. The largest absolute Gasteiger partial charge is 0.366 e. The fourth-order valence-electron chi connectivity index (χ4n) is 2.19. The highest BCUT2D eigenvalue weighted by Crippen LogP contribution is 2.18. The van der Waals surface area contributed by atoms with Crippen LogP contribution in [0.1, 0.15) is 16.7 Å². The number of aryl methyl sites for hydroxylation is 2. The number of hydrogen-bond donors (Lipinski definition) is 1. The summed E-state index contributed by atoms with van der Waals surface area (Å²) in [5, 5.41) is 0. The second kappa shape index (κ2) is 6.39. The van der Waals surface area contributed by atoms with Crippen LogP contribution in [0.25, 0.3) is 0 Å². The van der Waals surface area contributed by atoms with Crippen molar-refractivity contribution in [2.75, 3.05) is 18.0 Å². The maximum absolute atomic E-state index is 5.74. The Hall–Kier alpha value is -1.80. The minimum Gasteiger partial charge on any atom is -0.366 e. The van der Waals surface area contributed by atoms with Crippen molar-refractivity contribution < 1.29 is 0 Å². The van der Waals surface area contributed by atoms with Crippen LogP contribution in [-0.2, 0) is 6.54 Å². The third-order valence-corrected chi connectivity index (χ3v) is 3.26. The van der Waals surface area contributed by atoms with Crippen molar-refractivity contribution in [1.82, 2.24) is 0 Å². The van der Waals surface area contributed by atoms with Crippen LogP contribution in [0, 0.1) is 13.8 Å². The fraction of sp³-hybridized carbons (Fsp3) is 0.294. The first-order valence-electron chi connectivity index (χ1n) is 6.76. The average molecular weight is 254 g/mol. The Kier molecular flexibility index (Phi) is 4.58. The van der Waals surface area contributed by atoms with E-state index in [9.17, 15) is 0 Å². The molecule has 2 rings (SSSR count). The van der Waals surface area contributed by atoms with Crippen molar-refractivity contribution in [3.63, 3.8) is 0 Å². The monoisotopic (exact) mass is 254 g/mol. The predicted octanol–water partition coefficient (Wildman–Crippen LogP) is 3.27. The molecule has 0 saturated heterocycles. The molecule has 0 radical (unpaired) electrons. The molecule has 0 aliphatic heterocycles. The highest BCUT2D eigenvalue weighted by atomic mass is 15.1.